The van der Waals surface area contributed by atoms with Gasteiger partial charge in [-0.2, -0.15) is 82.7 Å². The maximum Gasteiger partial charge on any atom is 0.516 e. The fourth-order valence-electron chi connectivity index (χ4n) is 12.4. The van der Waals surface area contributed by atoms with Crippen molar-refractivity contribution in [1.82, 2.24) is 18.9 Å². The molecule has 4 bridgehead atoms. The lowest BCUT2D eigenvalue weighted by molar-refractivity contribution is -0.299. The van der Waals surface area contributed by atoms with Gasteiger partial charge in [-0.3, -0.25) is 38.2 Å². The number of amides is 4. The van der Waals surface area contributed by atoms with Crippen molar-refractivity contribution in [2.24, 2.45) is 92.7 Å². The van der Waals surface area contributed by atoms with Crippen molar-refractivity contribution in [2.75, 3.05) is 12.5 Å². The minimum absolute atomic E-state index is 0.0107. The topological polar surface area (TPSA) is 366 Å². The van der Waals surface area contributed by atoms with Gasteiger partial charge in [0.1, 0.15) is 12.2 Å². The zero-order chi connectivity index (χ0) is 86.3. The largest absolute Gasteiger partial charge is 0.516 e. The highest BCUT2D eigenvalue weighted by Gasteiger charge is 2.63. The lowest BCUT2D eigenvalue weighted by atomic mass is 9.67. The number of carbonyl (C=O) groups excluding carboxylic acids is 6. The number of carbonyl (C=O) groups is 6. The minimum Gasteiger partial charge on any atom is -0.462 e. The molecule has 42 heteroatoms. The lowest BCUT2D eigenvalue weighted by Gasteiger charge is -2.46. The third kappa shape index (κ3) is 28.5. The fourth-order valence-corrected chi connectivity index (χ4v) is 14.7. The lowest BCUT2D eigenvalue weighted by Crippen LogP contribution is -2.57. The second kappa shape index (κ2) is 36.7. The van der Waals surface area contributed by atoms with E-state index in [1.54, 1.807) is 62.3 Å². The molecule has 23 nitrogen and oxygen atoms in total. The van der Waals surface area contributed by atoms with E-state index in [1.165, 1.54) is 25.5 Å². The number of esters is 2. The van der Waals surface area contributed by atoms with Crippen LogP contribution >= 0.6 is 0 Å². The monoisotopic (exact) mass is 1680 g/mol. The first kappa shape index (κ1) is 103. The molecule has 0 aromatic rings. The third-order valence-corrected chi connectivity index (χ3v) is 25.5. The van der Waals surface area contributed by atoms with E-state index in [-0.39, 0.29) is 30.1 Å². The Kier molecular flexibility index (Phi) is 35.2. The molecule has 638 valence electrons. The highest BCUT2D eigenvalue weighted by molar-refractivity contribution is 7.91. The standard InChI is InChI=1S/C18H28F6O4.C12H21F3O3.C11H16F3NO3S.C11H19NO3S.C7H12F3NO3S.C7H15NO3S/c1-6-14(2,3)13(25)28-12-8-10(15(4,26)17(19,20)21)7-11(9-12)16(5,27)18(22,23)24;1-6-10(3,4)9(16)18-8(2)7-11(5,17)12(13,14)15;1-5-6(2)8-3-7(5)4-9(8)10(16)15-19(17,18)11(12,13)14;1-6-7(2)9-4-8(6)5-10(9)11(13)12-16(3,14)15;1-4-6(2,3)5(12)11-15(13,14)7(8,9)10;1-5-7(2,3)6(9)8-12(4,10)11/h10-12,26-27H,6-9H2,1-5H3;8,17H,6-7H2,1-5H3;5-9H,3-4H2,1-2H3,(H,15,16);6-10H,4-5H2,1-3H3,(H,12,13);4H2,1-3H3,(H,11,12);5H2,1-4H3,(H,8,9). The molecule has 5 aliphatic carbocycles. The van der Waals surface area contributed by atoms with E-state index in [4.69, 9.17) is 9.47 Å². The number of ether oxygens (including phenoxy) is 2. The normalized spacial score (nSPS) is 26.9. The number of sulfonamides is 4. The van der Waals surface area contributed by atoms with Gasteiger partial charge in [0.2, 0.25) is 43.7 Å². The summed E-state index contributed by atoms with van der Waals surface area (Å²) in [4.78, 5) is 69.9. The van der Waals surface area contributed by atoms with Crippen LogP contribution in [0.3, 0.4) is 0 Å². The molecule has 0 saturated heterocycles. The quantitative estimate of drug-likeness (QED) is 0.0440. The van der Waals surface area contributed by atoms with E-state index in [9.17, 15) is 144 Å². The van der Waals surface area contributed by atoms with Crippen LogP contribution in [0.25, 0.3) is 0 Å². The van der Waals surface area contributed by atoms with Gasteiger partial charge in [-0.1, -0.05) is 83.1 Å². The number of fused-ring (bicyclic) bond motifs is 4. The van der Waals surface area contributed by atoms with E-state index in [2.05, 4.69) is 25.5 Å². The number of halogens is 15. The Hall–Kier alpha value is -4.55. The van der Waals surface area contributed by atoms with E-state index in [0.717, 1.165) is 36.5 Å². The SMILES string of the molecule is CC1C2CC(C(=O)NS(=O)(=O)C(F)(F)F)C(C2)C1C.CC1C2CC(C(=O)NS(C)(=O)=O)C(C2)C1C.CCC(C)(C)C(=O)NS(=O)(=O)C(F)(F)F.CCC(C)(C)C(=O)NS(C)(=O)=O.CCC(C)(C)C(=O)OC(C)CC(C)(O)C(F)(F)F.CCC(C)(C)C(=O)OC1CC(C(C)(O)C(F)(F)F)CC(C(C)(O)C(F)(F)F)C1. The van der Waals surface area contributed by atoms with E-state index in [0.29, 0.717) is 82.0 Å². The van der Waals surface area contributed by atoms with Crippen LogP contribution in [0.5, 0.6) is 0 Å². The fraction of sp³-hybridized carbons (Fsp3) is 0.909. The molecular formula is C66H111F15N4O19S4. The van der Waals surface area contributed by atoms with Crippen LogP contribution < -0.4 is 18.9 Å². The molecule has 16 atom stereocenters. The smallest absolute Gasteiger partial charge is 0.462 e. The second-order valence-electron chi connectivity index (χ2n) is 32.2. The highest BCUT2D eigenvalue weighted by atomic mass is 32.2. The minimum atomic E-state index is -5.59. The van der Waals surface area contributed by atoms with E-state index in [1.807, 2.05) is 18.6 Å². The molecule has 5 aliphatic rings. The maximum atomic E-state index is 13.3. The molecule has 0 aromatic carbocycles. The van der Waals surface area contributed by atoms with Crippen molar-refractivity contribution in [3.8, 4) is 0 Å². The van der Waals surface area contributed by atoms with Gasteiger partial charge < -0.3 is 24.8 Å². The predicted octanol–water partition coefficient (Wildman–Crippen LogP) is 12.2. The highest BCUT2D eigenvalue weighted by Crippen LogP contribution is 2.57. The van der Waals surface area contributed by atoms with Gasteiger partial charge in [0.05, 0.1) is 23.3 Å². The number of rotatable bonds is 20. The summed E-state index contributed by atoms with van der Waals surface area (Å²) in [6.45, 7) is 30.8. The van der Waals surface area contributed by atoms with Crippen molar-refractivity contribution < 1.29 is 153 Å². The zero-order valence-electron chi connectivity index (χ0n) is 64.7. The Morgan fingerprint density at radius 3 is 1.00 bits per heavy atom. The van der Waals surface area contributed by atoms with Crippen molar-refractivity contribution in [3.63, 3.8) is 0 Å². The molecule has 5 fully saturated rings. The van der Waals surface area contributed by atoms with Gasteiger partial charge in [0.15, 0.2) is 16.8 Å². The predicted molar refractivity (Wildman–Crippen MR) is 365 cm³/mol. The maximum absolute atomic E-state index is 13.3. The number of aliphatic hydroxyl groups is 3. The van der Waals surface area contributed by atoms with Gasteiger partial charge >= 0.3 is 61.5 Å². The molecule has 4 amide bonds. The van der Waals surface area contributed by atoms with Gasteiger partial charge in [-0.15, -0.1) is 0 Å². The summed E-state index contributed by atoms with van der Waals surface area (Å²) in [6.07, 6.45) is -12.6. The summed E-state index contributed by atoms with van der Waals surface area (Å²) < 4.78 is 292. The van der Waals surface area contributed by atoms with E-state index >= 15 is 0 Å². The van der Waals surface area contributed by atoms with Gasteiger partial charge in [-0.25, -0.2) is 26.3 Å². The molecule has 0 aromatic heterocycles. The number of hydrogen-bond acceptors (Lipinski definition) is 19. The van der Waals surface area contributed by atoms with Gasteiger partial charge in [0, 0.05) is 40.9 Å². The first-order valence-electron chi connectivity index (χ1n) is 34.7. The Labute approximate surface area is 624 Å². The summed E-state index contributed by atoms with van der Waals surface area (Å²) in [6, 6.07) is 0. The summed E-state index contributed by atoms with van der Waals surface area (Å²) in [5.41, 5.74) is -23.8. The molecular weight excluding hydrogens is 1570 g/mol. The molecule has 5 saturated carbocycles. The molecule has 16 unspecified atom stereocenters. The van der Waals surface area contributed by atoms with Crippen molar-refractivity contribution in [2.45, 2.75) is 274 Å². The molecule has 108 heavy (non-hydrogen) atoms. The average molecular weight is 1680 g/mol. The zero-order valence-corrected chi connectivity index (χ0v) is 68.0. The van der Waals surface area contributed by atoms with E-state index < -0.39 is 193 Å². The third-order valence-electron chi connectivity index (χ3n) is 22.3. The average Bonchev–Trinajstić information content (AvgIpc) is 1.47. The van der Waals surface area contributed by atoms with Crippen LogP contribution in [-0.4, -0.2) is 156 Å². The Bertz CT molecular complexity index is 3510. The van der Waals surface area contributed by atoms with Crippen LogP contribution in [0.4, 0.5) is 65.9 Å². The number of nitrogens with one attached hydrogen (secondary N) is 4. The summed E-state index contributed by atoms with van der Waals surface area (Å²) in [5.74, 6) is -5.13. The molecule has 0 spiro atoms. The molecule has 0 radical (unpaired) electrons. The van der Waals surface area contributed by atoms with Crippen molar-refractivity contribution in [1.29, 1.82) is 0 Å². The van der Waals surface area contributed by atoms with Crippen molar-refractivity contribution >= 4 is 75.7 Å². The first-order chi connectivity index (χ1) is 47.6. The van der Waals surface area contributed by atoms with Gasteiger partial charge in [0.25, 0.3) is 0 Å². The molecule has 0 aliphatic heterocycles. The summed E-state index contributed by atoms with van der Waals surface area (Å²) in [7, 11) is -18.0. The Balaban J connectivity index is 0.00000130. The van der Waals surface area contributed by atoms with Crippen LogP contribution in [0.15, 0.2) is 0 Å². The van der Waals surface area contributed by atoms with Crippen LogP contribution in [0.2, 0.25) is 0 Å². The van der Waals surface area contributed by atoms with Crippen LogP contribution in [-0.2, 0) is 78.3 Å². The Morgan fingerprint density at radius 2 is 0.722 bits per heavy atom. The molecule has 7 N–H and O–H groups in total. The van der Waals surface area contributed by atoms with Crippen LogP contribution in [0, 0.1) is 92.7 Å². The molecule has 0 heterocycles. The Morgan fingerprint density at radius 1 is 0.417 bits per heavy atom. The van der Waals surface area contributed by atoms with Crippen LogP contribution in [0.1, 0.15) is 216 Å². The van der Waals surface area contributed by atoms with Crippen molar-refractivity contribution in [3.05, 3.63) is 0 Å². The van der Waals surface area contributed by atoms with Gasteiger partial charge in [-0.05, 0) is 173 Å². The first-order valence-corrected chi connectivity index (χ1v) is 41.4. The molecule has 5 rings (SSSR count). The summed E-state index contributed by atoms with van der Waals surface area (Å²) in [5, 5.41) is 29.3. The number of alkyl halides is 15. The number of hydrogen-bond donors (Lipinski definition) is 7. The second-order valence-corrected chi connectivity index (χ2v) is 39.1. The summed E-state index contributed by atoms with van der Waals surface area (Å²) >= 11 is 0.